The molecule has 0 spiro atoms. The molecule has 2 saturated carbocycles. The van der Waals surface area contributed by atoms with E-state index in [9.17, 15) is 0 Å². The Hall–Kier alpha value is 0.452. The first-order valence-corrected chi connectivity index (χ1v) is 10.3. The van der Waals surface area contributed by atoms with Gasteiger partial charge in [0.2, 0.25) is 0 Å². The third-order valence-corrected chi connectivity index (χ3v) is 7.16. The van der Waals surface area contributed by atoms with Gasteiger partial charge in [0.05, 0.1) is 0 Å². The molecule has 0 atom stereocenters. The Labute approximate surface area is 124 Å². The van der Waals surface area contributed by atoms with Crippen molar-refractivity contribution >= 4 is 14.8 Å². The zero-order valence-corrected chi connectivity index (χ0v) is 14.1. The van der Waals surface area contributed by atoms with Gasteiger partial charge < -0.3 is 7.58 Å². The summed E-state index contributed by atoms with van der Waals surface area (Å²) in [5.41, 5.74) is 0. The SMILES string of the molecule is CC(C)[CH2][Al]([O]C1CCCCC1)[O]C1CCCCC1. The fourth-order valence-electron chi connectivity index (χ4n) is 3.36. The van der Waals surface area contributed by atoms with Crippen LogP contribution in [0.1, 0.15) is 78.1 Å². The topological polar surface area (TPSA) is 18.5 Å². The fourth-order valence-corrected chi connectivity index (χ4v) is 5.82. The molecule has 0 radical (unpaired) electrons. The Morgan fingerprint density at radius 1 is 0.789 bits per heavy atom. The van der Waals surface area contributed by atoms with Crippen LogP contribution in [0.3, 0.4) is 0 Å². The van der Waals surface area contributed by atoms with Crippen molar-refractivity contribution in [2.24, 2.45) is 5.92 Å². The Balaban J connectivity index is 1.79. The Bertz CT molecular complexity index is 213. The first kappa shape index (κ1) is 15.8. The molecule has 0 aromatic rings. The first-order valence-electron chi connectivity index (χ1n) is 8.55. The second kappa shape index (κ2) is 8.68. The lowest BCUT2D eigenvalue weighted by atomic mass is 9.98. The number of rotatable bonds is 6. The van der Waals surface area contributed by atoms with Crippen molar-refractivity contribution in [1.82, 2.24) is 0 Å². The highest BCUT2D eigenvalue weighted by atomic mass is 27.2. The molecule has 0 N–H and O–H groups in total. The van der Waals surface area contributed by atoms with Gasteiger partial charge in [-0.25, -0.2) is 0 Å². The van der Waals surface area contributed by atoms with E-state index in [1.165, 1.54) is 69.5 Å². The van der Waals surface area contributed by atoms with Crippen LogP contribution in [0.2, 0.25) is 5.28 Å². The minimum atomic E-state index is -1.44. The smallest absolute Gasteiger partial charge is 0.476 e. The van der Waals surface area contributed by atoms with Gasteiger partial charge in [-0.2, -0.15) is 0 Å². The van der Waals surface area contributed by atoms with E-state index in [0.717, 1.165) is 0 Å². The van der Waals surface area contributed by atoms with E-state index >= 15 is 0 Å². The van der Waals surface area contributed by atoms with Crippen molar-refractivity contribution in [2.45, 2.75) is 95.5 Å². The van der Waals surface area contributed by atoms with Gasteiger partial charge in [0, 0.05) is 12.2 Å². The van der Waals surface area contributed by atoms with Crippen LogP contribution in [0.25, 0.3) is 0 Å². The highest BCUT2D eigenvalue weighted by Gasteiger charge is 2.33. The van der Waals surface area contributed by atoms with Crippen molar-refractivity contribution in [3.8, 4) is 0 Å². The van der Waals surface area contributed by atoms with Crippen molar-refractivity contribution in [3.63, 3.8) is 0 Å². The zero-order chi connectivity index (χ0) is 13.5. The van der Waals surface area contributed by atoms with Crippen LogP contribution < -0.4 is 0 Å². The maximum atomic E-state index is 6.42. The van der Waals surface area contributed by atoms with Crippen LogP contribution in [0.4, 0.5) is 0 Å². The molecule has 3 heteroatoms. The predicted octanol–water partition coefficient (Wildman–Crippen LogP) is 4.83. The van der Waals surface area contributed by atoms with E-state index < -0.39 is 14.8 Å². The molecular weight excluding hydrogens is 251 g/mol. The Morgan fingerprint density at radius 3 is 1.58 bits per heavy atom. The molecule has 0 unspecified atom stereocenters. The molecule has 0 aromatic carbocycles. The Kier molecular flexibility index (Phi) is 7.23. The molecule has 2 aliphatic carbocycles. The van der Waals surface area contributed by atoms with Gasteiger partial charge in [0.1, 0.15) is 0 Å². The van der Waals surface area contributed by atoms with Crippen molar-refractivity contribution in [2.75, 3.05) is 0 Å². The van der Waals surface area contributed by atoms with Crippen LogP contribution in [0.5, 0.6) is 0 Å². The molecule has 2 rings (SSSR count). The zero-order valence-electron chi connectivity index (χ0n) is 12.9. The summed E-state index contributed by atoms with van der Waals surface area (Å²) in [4.78, 5) is 0. The third-order valence-electron chi connectivity index (χ3n) is 4.46. The van der Waals surface area contributed by atoms with E-state index in [0.29, 0.717) is 18.1 Å². The second-order valence-corrected chi connectivity index (χ2v) is 8.73. The van der Waals surface area contributed by atoms with Crippen molar-refractivity contribution < 1.29 is 7.58 Å². The summed E-state index contributed by atoms with van der Waals surface area (Å²) in [5.74, 6) is 0.712. The molecule has 19 heavy (non-hydrogen) atoms. The summed E-state index contributed by atoms with van der Waals surface area (Å²) in [6.07, 6.45) is 14.4. The first-order chi connectivity index (χ1) is 9.24. The van der Waals surface area contributed by atoms with Gasteiger partial charge in [-0.3, -0.25) is 0 Å². The van der Waals surface area contributed by atoms with Crippen LogP contribution in [-0.4, -0.2) is 27.0 Å². The summed E-state index contributed by atoms with van der Waals surface area (Å²) < 4.78 is 12.8. The average molecular weight is 282 g/mol. The summed E-state index contributed by atoms with van der Waals surface area (Å²) in [5, 5.41) is 1.19. The van der Waals surface area contributed by atoms with Gasteiger partial charge in [0.15, 0.2) is 0 Å². The van der Waals surface area contributed by atoms with Crippen LogP contribution in [-0.2, 0) is 7.58 Å². The molecule has 2 nitrogen and oxygen atoms in total. The number of hydrogen-bond acceptors (Lipinski definition) is 2. The highest BCUT2D eigenvalue weighted by Crippen LogP contribution is 2.26. The minimum absolute atomic E-state index is 0.521. The molecule has 2 fully saturated rings. The maximum Gasteiger partial charge on any atom is 0.675 e. The van der Waals surface area contributed by atoms with E-state index in [1.54, 1.807) is 0 Å². The standard InChI is InChI=1S/2C6H11O.C4H9.Al/c2*7-6-4-2-1-3-5-6;1-4(2)3;/h2*6H,1-5H2;4H,1H2,2-3H3;/q2*-1;;+2. The van der Waals surface area contributed by atoms with Crippen LogP contribution in [0, 0.1) is 5.92 Å². The molecule has 0 aromatic heterocycles. The lowest BCUT2D eigenvalue weighted by Gasteiger charge is -2.30. The molecule has 0 aliphatic heterocycles. The quantitative estimate of drug-likeness (QED) is 0.650. The Morgan fingerprint density at radius 2 is 1.21 bits per heavy atom. The molecule has 0 saturated heterocycles. The van der Waals surface area contributed by atoms with E-state index in [1.807, 2.05) is 0 Å². The monoisotopic (exact) mass is 282 g/mol. The summed E-state index contributed by atoms with van der Waals surface area (Å²) in [6.45, 7) is 4.60. The van der Waals surface area contributed by atoms with E-state index in [-0.39, 0.29) is 0 Å². The van der Waals surface area contributed by atoms with Gasteiger partial charge in [0.25, 0.3) is 0 Å². The number of hydrogen-bond donors (Lipinski definition) is 0. The maximum absolute atomic E-state index is 6.42. The normalized spacial score (nSPS) is 22.9. The third kappa shape index (κ3) is 6.17. The van der Waals surface area contributed by atoms with Crippen LogP contribution >= 0.6 is 0 Å². The van der Waals surface area contributed by atoms with Gasteiger partial charge in [-0.1, -0.05) is 58.3 Å². The predicted molar refractivity (Wildman–Crippen MR) is 81.3 cm³/mol. The average Bonchev–Trinajstić information content (AvgIpc) is 2.40. The van der Waals surface area contributed by atoms with Crippen LogP contribution in [0.15, 0.2) is 0 Å². The molecule has 0 heterocycles. The van der Waals surface area contributed by atoms with E-state index in [4.69, 9.17) is 7.58 Å². The fraction of sp³-hybridized carbons (Fsp3) is 1.00. The molecule has 0 amide bonds. The van der Waals surface area contributed by atoms with Gasteiger partial charge >= 0.3 is 14.8 Å². The lowest BCUT2D eigenvalue weighted by Crippen LogP contribution is -2.35. The second-order valence-electron chi connectivity index (χ2n) is 6.85. The summed E-state index contributed by atoms with van der Waals surface area (Å²) >= 11 is -1.44. The van der Waals surface area contributed by atoms with Gasteiger partial charge in [-0.15, -0.1) is 0 Å². The highest BCUT2D eigenvalue weighted by molar-refractivity contribution is 6.44. The van der Waals surface area contributed by atoms with Crippen molar-refractivity contribution in [3.05, 3.63) is 0 Å². The molecular formula is C16H31AlO2. The minimum Gasteiger partial charge on any atom is -0.476 e. The lowest BCUT2D eigenvalue weighted by molar-refractivity contribution is 0.0643. The van der Waals surface area contributed by atoms with Gasteiger partial charge in [-0.05, 0) is 31.0 Å². The largest absolute Gasteiger partial charge is 0.675 e. The summed E-state index contributed by atoms with van der Waals surface area (Å²) in [6, 6.07) is 0. The molecule has 110 valence electrons. The summed E-state index contributed by atoms with van der Waals surface area (Å²) in [7, 11) is 0. The van der Waals surface area contributed by atoms with E-state index in [2.05, 4.69) is 13.8 Å². The molecule has 2 aliphatic rings. The molecule has 0 bridgehead atoms. The van der Waals surface area contributed by atoms with Crippen molar-refractivity contribution in [1.29, 1.82) is 0 Å².